The SMILES string of the molecule is CC1(C)C(NC2CCC(CO)CC2)C2CCOC21. The Morgan fingerprint density at radius 1 is 1.17 bits per heavy atom. The van der Waals surface area contributed by atoms with Crippen molar-refractivity contribution in [2.45, 2.75) is 64.1 Å². The van der Waals surface area contributed by atoms with E-state index < -0.39 is 0 Å². The average Bonchev–Trinajstić information content (AvgIpc) is 2.83. The second kappa shape index (κ2) is 4.77. The lowest BCUT2D eigenvalue weighted by Gasteiger charge is -2.56. The van der Waals surface area contributed by atoms with E-state index in [9.17, 15) is 5.11 Å². The summed E-state index contributed by atoms with van der Waals surface area (Å²) in [6.07, 6.45) is 6.56. The minimum absolute atomic E-state index is 0.301. The van der Waals surface area contributed by atoms with Crippen LogP contribution in [0, 0.1) is 17.3 Å². The van der Waals surface area contributed by atoms with E-state index in [1.54, 1.807) is 0 Å². The number of rotatable bonds is 3. The summed E-state index contributed by atoms with van der Waals surface area (Å²) in [6, 6.07) is 1.30. The number of aliphatic hydroxyl groups excluding tert-OH is 1. The first kappa shape index (κ1) is 12.9. The Bertz CT molecular complexity index is 297. The second-order valence-electron chi connectivity index (χ2n) is 7.11. The minimum Gasteiger partial charge on any atom is -0.396 e. The van der Waals surface area contributed by atoms with Crippen LogP contribution in [0.25, 0.3) is 0 Å². The highest BCUT2D eigenvalue weighted by atomic mass is 16.5. The van der Waals surface area contributed by atoms with Crippen molar-refractivity contribution in [3.63, 3.8) is 0 Å². The quantitative estimate of drug-likeness (QED) is 0.807. The van der Waals surface area contributed by atoms with Crippen LogP contribution in [0.4, 0.5) is 0 Å². The fraction of sp³-hybridized carbons (Fsp3) is 1.00. The molecule has 0 amide bonds. The van der Waals surface area contributed by atoms with Crippen LogP contribution in [0.2, 0.25) is 0 Å². The van der Waals surface area contributed by atoms with Crippen LogP contribution >= 0.6 is 0 Å². The van der Waals surface area contributed by atoms with E-state index in [4.69, 9.17) is 4.74 Å². The Balaban J connectivity index is 1.54. The van der Waals surface area contributed by atoms with E-state index in [1.807, 2.05) is 0 Å². The second-order valence-corrected chi connectivity index (χ2v) is 7.11. The molecule has 0 bridgehead atoms. The predicted molar refractivity (Wildman–Crippen MR) is 71.4 cm³/mol. The summed E-state index contributed by atoms with van der Waals surface area (Å²) in [4.78, 5) is 0. The topological polar surface area (TPSA) is 41.5 Å². The molecule has 2 saturated carbocycles. The van der Waals surface area contributed by atoms with Gasteiger partial charge < -0.3 is 15.2 Å². The number of ether oxygens (including phenoxy) is 1. The number of nitrogens with one attached hydrogen (secondary N) is 1. The van der Waals surface area contributed by atoms with Crippen LogP contribution in [-0.2, 0) is 4.74 Å². The van der Waals surface area contributed by atoms with Gasteiger partial charge in [-0.1, -0.05) is 13.8 Å². The van der Waals surface area contributed by atoms with Crippen molar-refractivity contribution >= 4 is 0 Å². The van der Waals surface area contributed by atoms with Crippen LogP contribution in [0.1, 0.15) is 46.0 Å². The summed E-state index contributed by atoms with van der Waals surface area (Å²) >= 11 is 0. The van der Waals surface area contributed by atoms with Crippen LogP contribution in [0.5, 0.6) is 0 Å². The van der Waals surface area contributed by atoms with Gasteiger partial charge in [-0.05, 0) is 38.0 Å². The van der Waals surface area contributed by atoms with E-state index in [-0.39, 0.29) is 0 Å². The van der Waals surface area contributed by atoms with Gasteiger partial charge in [-0.25, -0.2) is 0 Å². The van der Waals surface area contributed by atoms with E-state index in [0.717, 1.165) is 12.5 Å². The Morgan fingerprint density at radius 3 is 2.56 bits per heavy atom. The number of hydrogen-bond acceptors (Lipinski definition) is 3. The third-order valence-electron chi connectivity index (χ3n) is 5.62. The van der Waals surface area contributed by atoms with E-state index in [2.05, 4.69) is 19.2 Å². The van der Waals surface area contributed by atoms with Crippen molar-refractivity contribution in [1.82, 2.24) is 5.32 Å². The highest BCUT2D eigenvalue weighted by Gasteiger charge is 2.59. The zero-order chi connectivity index (χ0) is 12.8. The maximum absolute atomic E-state index is 9.19. The molecule has 3 aliphatic rings. The maximum atomic E-state index is 9.19. The molecule has 3 fully saturated rings. The van der Waals surface area contributed by atoms with Crippen molar-refractivity contribution in [2.75, 3.05) is 13.2 Å². The summed E-state index contributed by atoms with van der Waals surface area (Å²) in [5.74, 6) is 1.30. The molecule has 1 saturated heterocycles. The third kappa shape index (κ3) is 2.00. The molecule has 104 valence electrons. The van der Waals surface area contributed by atoms with Crippen LogP contribution in [0.3, 0.4) is 0 Å². The molecule has 0 aromatic heterocycles. The van der Waals surface area contributed by atoms with Gasteiger partial charge in [-0.3, -0.25) is 0 Å². The molecule has 3 heteroatoms. The van der Waals surface area contributed by atoms with Gasteiger partial charge in [0.25, 0.3) is 0 Å². The number of hydrogen-bond donors (Lipinski definition) is 2. The Labute approximate surface area is 110 Å². The molecule has 0 spiro atoms. The zero-order valence-corrected chi connectivity index (χ0v) is 11.7. The smallest absolute Gasteiger partial charge is 0.0685 e. The molecule has 1 aliphatic heterocycles. The lowest BCUT2D eigenvalue weighted by Crippen LogP contribution is -2.67. The molecule has 0 aromatic rings. The van der Waals surface area contributed by atoms with Crippen LogP contribution < -0.4 is 5.32 Å². The van der Waals surface area contributed by atoms with Gasteiger partial charge in [-0.15, -0.1) is 0 Å². The molecule has 1 heterocycles. The van der Waals surface area contributed by atoms with Gasteiger partial charge in [0, 0.05) is 36.6 Å². The van der Waals surface area contributed by atoms with E-state index in [1.165, 1.54) is 32.1 Å². The Kier molecular flexibility index (Phi) is 3.41. The van der Waals surface area contributed by atoms with Gasteiger partial charge in [0.15, 0.2) is 0 Å². The molecule has 0 radical (unpaired) electrons. The Hall–Kier alpha value is -0.120. The number of aliphatic hydroxyl groups is 1. The van der Waals surface area contributed by atoms with Crippen LogP contribution in [-0.4, -0.2) is 36.5 Å². The van der Waals surface area contributed by atoms with Gasteiger partial charge in [0.2, 0.25) is 0 Å². The summed E-state index contributed by atoms with van der Waals surface area (Å²) in [6.45, 7) is 6.02. The first-order valence-corrected chi connectivity index (χ1v) is 7.61. The fourth-order valence-electron chi connectivity index (χ4n) is 4.43. The van der Waals surface area contributed by atoms with E-state index >= 15 is 0 Å². The molecule has 2 aliphatic carbocycles. The lowest BCUT2D eigenvalue weighted by molar-refractivity contribution is -0.116. The highest BCUT2D eigenvalue weighted by Crippen LogP contribution is 2.52. The molecule has 18 heavy (non-hydrogen) atoms. The molecular formula is C15H27NO2. The van der Waals surface area contributed by atoms with Crippen LogP contribution in [0.15, 0.2) is 0 Å². The third-order valence-corrected chi connectivity index (χ3v) is 5.62. The van der Waals surface area contributed by atoms with Crippen molar-refractivity contribution in [1.29, 1.82) is 0 Å². The van der Waals surface area contributed by atoms with E-state index in [0.29, 0.717) is 36.1 Å². The van der Waals surface area contributed by atoms with Crippen molar-refractivity contribution < 1.29 is 9.84 Å². The maximum Gasteiger partial charge on any atom is 0.0685 e. The molecule has 0 aromatic carbocycles. The van der Waals surface area contributed by atoms with Crippen molar-refractivity contribution in [3.05, 3.63) is 0 Å². The van der Waals surface area contributed by atoms with Gasteiger partial charge in [-0.2, -0.15) is 0 Å². The molecule has 3 nitrogen and oxygen atoms in total. The zero-order valence-electron chi connectivity index (χ0n) is 11.7. The number of fused-ring (bicyclic) bond motifs is 1. The molecule has 3 rings (SSSR count). The first-order chi connectivity index (χ1) is 8.63. The molecule has 2 N–H and O–H groups in total. The predicted octanol–water partition coefficient (Wildman–Crippen LogP) is 1.94. The van der Waals surface area contributed by atoms with Crippen molar-refractivity contribution in [3.8, 4) is 0 Å². The normalized spacial score (nSPS) is 46.5. The Morgan fingerprint density at radius 2 is 1.89 bits per heavy atom. The standard InChI is InChI=1S/C15H27NO2/c1-15(2)13(12-7-8-18-14(12)15)16-11-5-3-10(9-17)4-6-11/h10-14,16-17H,3-9H2,1-2H3. The fourth-order valence-corrected chi connectivity index (χ4v) is 4.43. The first-order valence-electron chi connectivity index (χ1n) is 7.61. The highest BCUT2D eigenvalue weighted by molar-refractivity contribution is 5.11. The van der Waals surface area contributed by atoms with Gasteiger partial charge in [0.1, 0.15) is 0 Å². The largest absolute Gasteiger partial charge is 0.396 e. The summed E-state index contributed by atoms with van der Waals surface area (Å²) in [5.41, 5.74) is 0.301. The molecule has 3 atom stereocenters. The summed E-state index contributed by atoms with van der Waals surface area (Å²) in [7, 11) is 0. The molecule has 3 unspecified atom stereocenters. The average molecular weight is 253 g/mol. The van der Waals surface area contributed by atoms with Gasteiger partial charge >= 0.3 is 0 Å². The van der Waals surface area contributed by atoms with Gasteiger partial charge in [0.05, 0.1) is 6.10 Å². The summed E-state index contributed by atoms with van der Waals surface area (Å²) < 4.78 is 5.85. The lowest BCUT2D eigenvalue weighted by atomic mass is 9.57. The summed E-state index contributed by atoms with van der Waals surface area (Å²) in [5, 5.41) is 13.1. The van der Waals surface area contributed by atoms with Crippen molar-refractivity contribution in [2.24, 2.45) is 17.3 Å². The minimum atomic E-state index is 0.301. The monoisotopic (exact) mass is 253 g/mol. The molecular weight excluding hydrogens is 226 g/mol.